The zero-order chi connectivity index (χ0) is 19.4. The van der Waals surface area contributed by atoms with E-state index in [0.717, 1.165) is 37.1 Å². The molecule has 142 valence electrons. The maximum Gasteiger partial charge on any atom is 0.339 e. The van der Waals surface area contributed by atoms with Crippen LogP contribution < -0.4 is 4.74 Å². The van der Waals surface area contributed by atoms with Gasteiger partial charge in [-0.05, 0) is 56.1 Å². The van der Waals surface area contributed by atoms with Crippen molar-refractivity contribution >= 4 is 11.8 Å². The number of ether oxygens (including phenoxy) is 1. The number of likely N-dealkylation sites (tertiary alicyclic amines) is 1. The molecule has 1 fully saturated rings. The number of Topliss-reactive ketones (excluding diaryl/α,β-unsaturated/α-hetero) is 1. The van der Waals surface area contributed by atoms with Crippen LogP contribution in [0.15, 0.2) is 48.5 Å². The summed E-state index contributed by atoms with van der Waals surface area (Å²) in [6.45, 7) is 3.93. The first kappa shape index (κ1) is 19.1. The summed E-state index contributed by atoms with van der Waals surface area (Å²) in [5, 5.41) is 9.35. The number of aromatic carboxylic acids is 1. The SMILES string of the molecule is COc1ccc(CN2CCC(C(C)=O)(c3ccccc3)CC2)cc1C(=O)O. The zero-order valence-corrected chi connectivity index (χ0v) is 15.8. The van der Waals surface area contributed by atoms with E-state index in [1.54, 1.807) is 19.1 Å². The fourth-order valence-corrected chi connectivity index (χ4v) is 3.97. The van der Waals surface area contributed by atoms with Crippen molar-refractivity contribution in [2.45, 2.75) is 31.7 Å². The number of carboxylic acid groups (broad SMARTS) is 1. The van der Waals surface area contributed by atoms with Crippen LogP contribution in [0.5, 0.6) is 5.75 Å². The highest BCUT2D eigenvalue weighted by Crippen LogP contribution is 2.37. The molecule has 1 aliphatic rings. The molecule has 5 heteroatoms. The van der Waals surface area contributed by atoms with Crippen molar-refractivity contribution < 1.29 is 19.4 Å². The van der Waals surface area contributed by atoms with E-state index >= 15 is 0 Å². The first-order chi connectivity index (χ1) is 13.0. The van der Waals surface area contributed by atoms with Crippen LogP contribution in [0.1, 0.15) is 41.3 Å². The third kappa shape index (κ3) is 3.88. The van der Waals surface area contributed by atoms with Crippen molar-refractivity contribution in [3.63, 3.8) is 0 Å². The number of piperidine rings is 1. The average Bonchev–Trinajstić information content (AvgIpc) is 2.69. The zero-order valence-electron chi connectivity index (χ0n) is 15.8. The van der Waals surface area contributed by atoms with Crippen LogP contribution in [-0.4, -0.2) is 42.0 Å². The number of hydrogen-bond acceptors (Lipinski definition) is 4. The van der Waals surface area contributed by atoms with Crippen LogP contribution in [0, 0.1) is 0 Å². The van der Waals surface area contributed by atoms with Crippen LogP contribution in [0.25, 0.3) is 0 Å². The van der Waals surface area contributed by atoms with Gasteiger partial charge in [0.25, 0.3) is 0 Å². The molecule has 0 bridgehead atoms. The number of carbonyl (C=O) groups excluding carboxylic acids is 1. The predicted molar refractivity (Wildman–Crippen MR) is 103 cm³/mol. The first-order valence-corrected chi connectivity index (χ1v) is 9.15. The van der Waals surface area contributed by atoms with Crippen LogP contribution in [0.3, 0.4) is 0 Å². The minimum absolute atomic E-state index is 0.175. The molecule has 0 aromatic heterocycles. The van der Waals surface area contributed by atoms with Crippen molar-refractivity contribution in [2.75, 3.05) is 20.2 Å². The summed E-state index contributed by atoms with van der Waals surface area (Å²) in [7, 11) is 1.47. The summed E-state index contributed by atoms with van der Waals surface area (Å²) in [6.07, 6.45) is 1.54. The minimum atomic E-state index is -0.994. The number of benzene rings is 2. The molecule has 0 radical (unpaired) electrons. The molecule has 3 rings (SSSR count). The summed E-state index contributed by atoms with van der Waals surface area (Å²) in [6, 6.07) is 15.3. The van der Waals surface area contributed by atoms with E-state index in [4.69, 9.17) is 4.74 Å². The lowest BCUT2D eigenvalue weighted by atomic mass is 9.70. The van der Waals surface area contributed by atoms with E-state index in [0.29, 0.717) is 12.3 Å². The van der Waals surface area contributed by atoms with Crippen LogP contribution in [0.2, 0.25) is 0 Å². The van der Waals surface area contributed by atoms with Crippen molar-refractivity contribution in [3.05, 3.63) is 65.2 Å². The number of rotatable bonds is 6. The van der Waals surface area contributed by atoms with E-state index in [2.05, 4.69) is 4.90 Å². The topological polar surface area (TPSA) is 66.8 Å². The molecule has 0 saturated carbocycles. The molecule has 0 unspecified atom stereocenters. The van der Waals surface area contributed by atoms with Crippen molar-refractivity contribution in [1.29, 1.82) is 0 Å². The van der Waals surface area contributed by atoms with Gasteiger partial charge in [-0.3, -0.25) is 9.69 Å². The molecule has 1 N–H and O–H groups in total. The molecule has 5 nitrogen and oxygen atoms in total. The lowest BCUT2D eigenvalue weighted by molar-refractivity contribution is -0.124. The van der Waals surface area contributed by atoms with Gasteiger partial charge in [0.1, 0.15) is 17.1 Å². The maximum atomic E-state index is 12.5. The smallest absolute Gasteiger partial charge is 0.339 e. The second kappa shape index (κ2) is 7.92. The Kier molecular flexibility index (Phi) is 5.61. The van der Waals surface area contributed by atoms with Gasteiger partial charge in [-0.2, -0.15) is 0 Å². The lowest BCUT2D eigenvalue weighted by Gasteiger charge is -2.40. The van der Waals surface area contributed by atoms with Gasteiger partial charge >= 0.3 is 5.97 Å². The third-order valence-corrected chi connectivity index (χ3v) is 5.61. The lowest BCUT2D eigenvalue weighted by Crippen LogP contribution is -2.46. The van der Waals surface area contributed by atoms with E-state index in [-0.39, 0.29) is 11.3 Å². The van der Waals surface area contributed by atoms with Gasteiger partial charge in [0, 0.05) is 6.54 Å². The fourth-order valence-electron chi connectivity index (χ4n) is 3.97. The second-order valence-corrected chi connectivity index (χ2v) is 7.12. The Bertz CT molecular complexity index is 823. The Hall–Kier alpha value is -2.66. The first-order valence-electron chi connectivity index (χ1n) is 9.15. The molecular formula is C22H25NO4. The standard InChI is InChI=1S/C22H25NO4/c1-16(24)22(18-6-4-3-5-7-18)10-12-23(13-11-22)15-17-8-9-20(27-2)19(14-17)21(25)26/h3-9,14H,10-13,15H2,1-2H3,(H,25,26). The Morgan fingerprint density at radius 3 is 2.33 bits per heavy atom. The van der Waals surface area contributed by atoms with Crippen molar-refractivity contribution in [3.8, 4) is 5.75 Å². The highest BCUT2D eigenvalue weighted by Gasteiger charge is 2.40. The summed E-state index contributed by atoms with van der Waals surface area (Å²) >= 11 is 0. The normalized spacial score (nSPS) is 16.7. The van der Waals surface area contributed by atoms with Gasteiger partial charge in [-0.25, -0.2) is 4.79 Å². The second-order valence-electron chi connectivity index (χ2n) is 7.12. The molecule has 0 spiro atoms. The average molecular weight is 367 g/mol. The Labute approximate surface area is 159 Å². The van der Waals surface area contributed by atoms with Gasteiger partial charge in [0.2, 0.25) is 0 Å². The molecule has 1 heterocycles. The molecule has 0 atom stereocenters. The molecule has 1 saturated heterocycles. The largest absolute Gasteiger partial charge is 0.496 e. The Balaban J connectivity index is 1.73. The quantitative estimate of drug-likeness (QED) is 0.846. The van der Waals surface area contributed by atoms with E-state index < -0.39 is 11.4 Å². The Morgan fingerprint density at radius 2 is 1.78 bits per heavy atom. The molecule has 2 aromatic carbocycles. The minimum Gasteiger partial charge on any atom is -0.496 e. The van der Waals surface area contributed by atoms with Crippen molar-refractivity contribution in [1.82, 2.24) is 4.90 Å². The number of ketones is 1. The fraction of sp³-hybridized carbons (Fsp3) is 0.364. The predicted octanol–water partition coefficient (Wildman–Crippen LogP) is 3.52. The summed E-state index contributed by atoms with van der Waals surface area (Å²) < 4.78 is 5.12. The molecule has 2 aromatic rings. The monoisotopic (exact) mass is 367 g/mol. The number of nitrogens with zero attached hydrogens (tertiary/aromatic N) is 1. The van der Waals surface area contributed by atoms with Gasteiger partial charge in [0.15, 0.2) is 0 Å². The van der Waals surface area contributed by atoms with E-state index in [1.807, 2.05) is 36.4 Å². The highest BCUT2D eigenvalue weighted by molar-refractivity contribution is 5.91. The Morgan fingerprint density at radius 1 is 1.11 bits per heavy atom. The van der Waals surface area contributed by atoms with Gasteiger partial charge in [-0.15, -0.1) is 0 Å². The molecule has 27 heavy (non-hydrogen) atoms. The van der Waals surface area contributed by atoms with Crippen LogP contribution >= 0.6 is 0 Å². The van der Waals surface area contributed by atoms with E-state index in [9.17, 15) is 14.7 Å². The van der Waals surface area contributed by atoms with Gasteiger partial charge < -0.3 is 9.84 Å². The number of carboxylic acids is 1. The maximum absolute atomic E-state index is 12.5. The molecular weight excluding hydrogens is 342 g/mol. The molecule has 0 amide bonds. The number of hydrogen-bond donors (Lipinski definition) is 1. The summed E-state index contributed by atoms with van der Waals surface area (Å²) in [4.78, 5) is 26.2. The van der Waals surface area contributed by atoms with Crippen molar-refractivity contribution in [2.24, 2.45) is 0 Å². The van der Waals surface area contributed by atoms with E-state index in [1.165, 1.54) is 7.11 Å². The van der Waals surface area contributed by atoms with Gasteiger partial charge in [0.05, 0.1) is 12.5 Å². The van der Waals surface area contributed by atoms with Crippen LogP contribution in [0.4, 0.5) is 0 Å². The third-order valence-electron chi connectivity index (χ3n) is 5.61. The molecule has 0 aliphatic carbocycles. The summed E-state index contributed by atoms with van der Waals surface area (Å²) in [5.41, 5.74) is 1.79. The number of methoxy groups -OCH3 is 1. The van der Waals surface area contributed by atoms with Crippen LogP contribution in [-0.2, 0) is 16.8 Å². The molecule has 1 aliphatic heterocycles. The van der Waals surface area contributed by atoms with Gasteiger partial charge in [-0.1, -0.05) is 36.4 Å². The number of carbonyl (C=O) groups is 2. The highest BCUT2D eigenvalue weighted by atomic mass is 16.5. The summed E-state index contributed by atoms with van der Waals surface area (Å²) in [5.74, 6) is -0.414.